The number of nitrogens with zero attached hydrogens (tertiary/aromatic N) is 2. The summed E-state index contributed by atoms with van der Waals surface area (Å²) < 4.78 is 4.94. The van der Waals surface area contributed by atoms with Gasteiger partial charge in [0.1, 0.15) is 4.88 Å². The van der Waals surface area contributed by atoms with Crippen molar-refractivity contribution in [3.63, 3.8) is 0 Å². The number of aromatic nitrogens is 1. The van der Waals surface area contributed by atoms with Crippen molar-refractivity contribution in [3.05, 3.63) is 22.7 Å². The topological polar surface area (TPSA) is 106 Å². The molecule has 0 aromatic carbocycles. The summed E-state index contributed by atoms with van der Waals surface area (Å²) in [5.41, 5.74) is 0.482. The van der Waals surface area contributed by atoms with Crippen molar-refractivity contribution in [1.29, 1.82) is 0 Å². The maximum absolute atomic E-state index is 12.4. The highest BCUT2D eigenvalue weighted by Gasteiger charge is 2.46. The van der Waals surface area contributed by atoms with Crippen LogP contribution in [0.25, 0.3) is 0 Å². The minimum atomic E-state index is -0.475. The summed E-state index contributed by atoms with van der Waals surface area (Å²) in [6, 6.07) is 0. The summed E-state index contributed by atoms with van der Waals surface area (Å²) in [6.45, 7) is 3.68. The molecule has 1 N–H and O–H groups in total. The first-order valence-electron chi connectivity index (χ1n) is 8.87. The molecule has 9 heteroatoms. The SMILES string of the molecule is CCOC(=O)c1sc(NC(=O)CCN2C(=O)[C@H]3CC=CC[C@@H]3C2=O)nc1C. The van der Waals surface area contributed by atoms with E-state index in [1.807, 2.05) is 12.2 Å². The molecule has 0 saturated carbocycles. The van der Waals surface area contributed by atoms with Gasteiger partial charge in [0, 0.05) is 13.0 Å². The lowest BCUT2D eigenvalue weighted by molar-refractivity contribution is -0.140. The largest absolute Gasteiger partial charge is 0.462 e. The minimum absolute atomic E-state index is 0.0162. The van der Waals surface area contributed by atoms with E-state index in [4.69, 9.17) is 4.74 Å². The number of fused-ring (bicyclic) bond motifs is 1. The zero-order chi connectivity index (χ0) is 19.6. The van der Waals surface area contributed by atoms with Gasteiger partial charge in [-0.05, 0) is 26.7 Å². The number of hydrogen-bond donors (Lipinski definition) is 1. The van der Waals surface area contributed by atoms with Crippen LogP contribution in [0.2, 0.25) is 0 Å². The van der Waals surface area contributed by atoms with Crippen molar-refractivity contribution in [1.82, 2.24) is 9.88 Å². The van der Waals surface area contributed by atoms with Crippen LogP contribution in [0.4, 0.5) is 5.13 Å². The fourth-order valence-corrected chi connectivity index (χ4v) is 4.20. The van der Waals surface area contributed by atoms with E-state index >= 15 is 0 Å². The van der Waals surface area contributed by atoms with Crippen LogP contribution in [-0.2, 0) is 19.1 Å². The second kappa shape index (κ2) is 7.99. The molecule has 27 heavy (non-hydrogen) atoms. The predicted molar refractivity (Wildman–Crippen MR) is 98.1 cm³/mol. The lowest BCUT2D eigenvalue weighted by atomic mass is 9.85. The Hall–Kier alpha value is -2.55. The molecule has 2 aliphatic rings. The Balaban J connectivity index is 1.56. The van der Waals surface area contributed by atoms with Crippen molar-refractivity contribution in [2.75, 3.05) is 18.5 Å². The fourth-order valence-electron chi connectivity index (χ4n) is 3.32. The zero-order valence-corrected chi connectivity index (χ0v) is 16.0. The molecule has 0 radical (unpaired) electrons. The summed E-state index contributed by atoms with van der Waals surface area (Å²) in [6.07, 6.45) is 4.99. The van der Waals surface area contributed by atoms with Crippen LogP contribution >= 0.6 is 11.3 Å². The molecule has 1 saturated heterocycles. The van der Waals surface area contributed by atoms with Crippen LogP contribution in [-0.4, -0.2) is 46.7 Å². The number of esters is 1. The summed E-state index contributed by atoms with van der Waals surface area (Å²) in [5.74, 6) is -1.82. The first kappa shape index (κ1) is 19.2. The Labute approximate surface area is 160 Å². The first-order chi connectivity index (χ1) is 12.9. The number of anilines is 1. The van der Waals surface area contributed by atoms with Crippen LogP contribution in [0, 0.1) is 18.8 Å². The third kappa shape index (κ3) is 3.92. The summed E-state index contributed by atoms with van der Waals surface area (Å²) in [4.78, 5) is 54.5. The van der Waals surface area contributed by atoms with Gasteiger partial charge in [0.15, 0.2) is 5.13 Å². The number of thiazole rings is 1. The van der Waals surface area contributed by atoms with E-state index in [0.717, 1.165) is 11.3 Å². The number of nitrogens with one attached hydrogen (secondary N) is 1. The van der Waals surface area contributed by atoms with E-state index < -0.39 is 5.97 Å². The number of hydrogen-bond acceptors (Lipinski definition) is 7. The Bertz CT molecular complexity index is 790. The van der Waals surface area contributed by atoms with Crippen molar-refractivity contribution >= 4 is 40.2 Å². The lowest BCUT2D eigenvalue weighted by Crippen LogP contribution is -2.34. The van der Waals surface area contributed by atoms with Crippen LogP contribution in [0.15, 0.2) is 12.2 Å². The Morgan fingerprint density at radius 3 is 2.48 bits per heavy atom. The van der Waals surface area contributed by atoms with Gasteiger partial charge >= 0.3 is 5.97 Å². The molecule has 8 nitrogen and oxygen atoms in total. The highest BCUT2D eigenvalue weighted by atomic mass is 32.1. The number of imide groups is 1. The summed E-state index contributed by atoms with van der Waals surface area (Å²) in [5, 5.41) is 2.90. The maximum atomic E-state index is 12.4. The molecule has 1 aliphatic carbocycles. The molecule has 2 atom stereocenters. The van der Waals surface area contributed by atoms with Crippen LogP contribution in [0.5, 0.6) is 0 Å². The minimum Gasteiger partial charge on any atom is -0.462 e. The molecular formula is C18H21N3O5S. The predicted octanol–water partition coefficient (Wildman–Crippen LogP) is 1.91. The second-order valence-corrected chi connectivity index (χ2v) is 7.44. The number of rotatable bonds is 6. The standard InChI is InChI=1S/C18H21N3O5S/c1-3-26-17(25)14-10(2)19-18(27-14)20-13(22)8-9-21-15(23)11-6-4-5-7-12(11)16(21)24/h4-5,11-12H,3,6-9H2,1-2H3,(H,19,20,22)/t11-,12-/m0/s1. The third-order valence-corrected chi connectivity index (χ3v) is 5.72. The van der Waals surface area contributed by atoms with E-state index in [0.29, 0.717) is 23.4 Å². The van der Waals surface area contributed by atoms with Gasteiger partial charge in [-0.3, -0.25) is 19.3 Å². The smallest absolute Gasteiger partial charge is 0.350 e. The number of carbonyl (C=O) groups excluding carboxylic acids is 4. The molecule has 1 fully saturated rings. The van der Waals surface area contributed by atoms with Crippen LogP contribution < -0.4 is 5.32 Å². The van der Waals surface area contributed by atoms with Gasteiger partial charge in [0.05, 0.1) is 24.1 Å². The summed E-state index contributed by atoms with van der Waals surface area (Å²) >= 11 is 1.04. The Morgan fingerprint density at radius 2 is 1.89 bits per heavy atom. The van der Waals surface area contributed by atoms with Gasteiger partial charge in [-0.15, -0.1) is 0 Å². The van der Waals surface area contributed by atoms with Gasteiger partial charge in [0.2, 0.25) is 17.7 Å². The average Bonchev–Trinajstić information content (AvgIpc) is 3.12. The number of likely N-dealkylation sites (tertiary alicyclic amines) is 1. The quantitative estimate of drug-likeness (QED) is 0.451. The highest BCUT2D eigenvalue weighted by Crippen LogP contribution is 2.35. The van der Waals surface area contributed by atoms with Gasteiger partial charge in [0.25, 0.3) is 0 Å². The Morgan fingerprint density at radius 1 is 1.26 bits per heavy atom. The molecule has 3 rings (SSSR count). The lowest BCUT2D eigenvalue weighted by Gasteiger charge is -2.14. The molecular weight excluding hydrogens is 370 g/mol. The molecule has 1 aromatic heterocycles. The van der Waals surface area contributed by atoms with Crippen molar-refractivity contribution in [2.45, 2.75) is 33.1 Å². The van der Waals surface area contributed by atoms with Crippen molar-refractivity contribution in [3.8, 4) is 0 Å². The van der Waals surface area contributed by atoms with Gasteiger partial charge in [-0.25, -0.2) is 9.78 Å². The molecule has 2 heterocycles. The van der Waals surface area contributed by atoms with Gasteiger partial charge in [-0.1, -0.05) is 23.5 Å². The molecule has 1 aromatic rings. The Kier molecular flexibility index (Phi) is 5.69. The number of ether oxygens (including phenoxy) is 1. The van der Waals surface area contributed by atoms with E-state index in [9.17, 15) is 19.2 Å². The van der Waals surface area contributed by atoms with E-state index in [-0.39, 0.29) is 54.3 Å². The monoisotopic (exact) mass is 391 g/mol. The number of carbonyl (C=O) groups is 4. The van der Waals surface area contributed by atoms with Gasteiger partial charge < -0.3 is 10.1 Å². The highest BCUT2D eigenvalue weighted by molar-refractivity contribution is 7.17. The first-order valence-corrected chi connectivity index (χ1v) is 9.68. The zero-order valence-electron chi connectivity index (χ0n) is 15.2. The second-order valence-electron chi connectivity index (χ2n) is 6.44. The summed E-state index contributed by atoms with van der Waals surface area (Å²) in [7, 11) is 0. The van der Waals surface area contributed by atoms with Crippen molar-refractivity contribution in [2.24, 2.45) is 11.8 Å². The van der Waals surface area contributed by atoms with E-state index in [1.165, 1.54) is 4.90 Å². The molecule has 1 aliphatic heterocycles. The van der Waals surface area contributed by atoms with E-state index in [1.54, 1.807) is 13.8 Å². The molecule has 144 valence electrons. The van der Waals surface area contributed by atoms with Gasteiger partial charge in [-0.2, -0.15) is 0 Å². The number of aryl methyl sites for hydroxylation is 1. The number of allylic oxidation sites excluding steroid dienone is 2. The fraction of sp³-hybridized carbons (Fsp3) is 0.500. The van der Waals surface area contributed by atoms with Crippen molar-refractivity contribution < 1.29 is 23.9 Å². The number of amides is 3. The molecule has 0 unspecified atom stereocenters. The molecule has 0 spiro atoms. The van der Waals surface area contributed by atoms with E-state index in [2.05, 4.69) is 10.3 Å². The molecule has 0 bridgehead atoms. The average molecular weight is 391 g/mol. The maximum Gasteiger partial charge on any atom is 0.350 e. The normalized spacial score (nSPS) is 21.3. The van der Waals surface area contributed by atoms with Crippen LogP contribution in [0.1, 0.15) is 41.6 Å². The third-order valence-electron chi connectivity index (χ3n) is 4.67. The molecule has 3 amide bonds. The van der Waals surface area contributed by atoms with Crippen LogP contribution in [0.3, 0.4) is 0 Å².